The fourth-order valence-corrected chi connectivity index (χ4v) is 3.03. The highest BCUT2D eigenvalue weighted by atomic mass is 16.4. The molecule has 1 aliphatic heterocycles. The molecule has 28 heavy (non-hydrogen) atoms. The van der Waals surface area contributed by atoms with E-state index in [1.165, 1.54) is 0 Å². The maximum atomic E-state index is 12.2. The first kappa shape index (κ1) is 17.6. The fourth-order valence-electron chi connectivity index (χ4n) is 3.03. The van der Waals surface area contributed by atoms with Gasteiger partial charge in [-0.1, -0.05) is 30.3 Å². The Morgan fingerprint density at radius 3 is 2.75 bits per heavy atom. The smallest absolute Gasteiger partial charge is 0.361 e. The highest BCUT2D eigenvalue weighted by Gasteiger charge is 2.06. The lowest BCUT2D eigenvalue weighted by Gasteiger charge is -2.17. The molecular formula is C22H18N4O2. The molecular weight excluding hydrogens is 352 g/mol. The van der Waals surface area contributed by atoms with Crippen LogP contribution < -0.4 is 32.0 Å². The first-order valence-electron chi connectivity index (χ1n) is 8.93. The van der Waals surface area contributed by atoms with Crippen LogP contribution in [0.1, 0.15) is 12.0 Å². The van der Waals surface area contributed by atoms with Gasteiger partial charge in [-0.05, 0) is 35.9 Å². The van der Waals surface area contributed by atoms with Gasteiger partial charge in [0.15, 0.2) is 0 Å². The Bertz CT molecular complexity index is 1320. The van der Waals surface area contributed by atoms with Gasteiger partial charge in [0.1, 0.15) is 11.0 Å². The summed E-state index contributed by atoms with van der Waals surface area (Å²) in [6, 6.07) is 17.7. The van der Waals surface area contributed by atoms with Crippen molar-refractivity contribution in [1.82, 2.24) is 4.98 Å². The second kappa shape index (κ2) is 7.41. The number of nitrogens with zero attached hydrogens (tertiary/aromatic N) is 3. The molecule has 6 heteroatoms. The van der Waals surface area contributed by atoms with Gasteiger partial charge in [0.05, 0.1) is 17.8 Å². The van der Waals surface area contributed by atoms with E-state index < -0.39 is 5.63 Å². The minimum absolute atomic E-state index is 0.348. The minimum Gasteiger partial charge on any atom is -0.402 e. The van der Waals surface area contributed by atoms with E-state index in [9.17, 15) is 4.79 Å². The lowest BCUT2D eigenvalue weighted by atomic mass is 10.2. The maximum Gasteiger partial charge on any atom is 0.361 e. The average molecular weight is 370 g/mol. The maximum absolute atomic E-state index is 12.2. The summed E-state index contributed by atoms with van der Waals surface area (Å²) in [5, 5.41) is 10.9. The van der Waals surface area contributed by atoms with Crippen LogP contribution in [-0.2, 0) is 0 Å². The number of fused-ring (bicyclic) bond motifs is 1. The lowest BCUT2D eigenvalue weighted by Crippen LogP contribution is -2.21. The Balaban J connectivity index is 1.67. The van der Waals surface area contributed by atoms with Crippen molar-refractivity contribution in [2.45, 2.75) is 6.42 Å². The predicted octanol–water partition coefficient (Wildman–Crippen LogP) is 0.369. The molecule has 0 spiro atoms. The summed E-state index contributed by atoms with van der Waals surface area (Å²) in [5.41, 5.74) is 2.41. The first-order chi connectivity index (χ1) is 13.6. The Hall–Kier alpha value is -3.85. The number of nitrogens with one attached hydrogen (secondary N) is 1. The van der Waals surface area contributed by atoms with Crippen LogP contribution in [0.2, 0.25) is 0 Å². The van der Waals surface area contributed by atoms with Gasteiger partial charge in [-0.15, -0.1) is 0 Å². The van der Waals surface area contributed by atoms with Crippen LogP contribution in [0.25, 0.3) is 17.8 Å². The van der Waals surface area contributed by atoms with E-state index in [1.807, 2.05) is 66.6 Å². The molecule has 0 unspecified atom stereocenters. The molecule has 6 nitrogen and oxygen atoms in total. The number of anilines is 1. The van der Waals surface area contributed by atoms with E-state index in [1.54, 1.807) is 6.08 Å². The quantitative estimate of drug-likeness (QED) is 0.719. The van der Waals surface area contributed by atoms with Crippen molar-refractivity contribution < 1.29 is 4.42 Å². The largest absolute Gasteiger partial charge is 0.402 e. The van der Waals surface area contributed by atoms with E-state index in [-0.39, 0.29) is 0 Å². The van der Waals surface area contributed by atoms with Gasteiger partial charge >= 0.3 is 5.63 Å². The van der Waals surface area contributed by atoms with Crippen LogP contribution in [0.15, 0.2) is 62.7 Å². The van der Waals surface area contributed by atoms with Gasteiger partial charge in [0.2, 0.25) is 5.55 Å². The highest BCUT2D eigenvalue weighted by molar-refractivity contribution is 5.75. The molecule has 4 rings (SSSR count). The van der Waals surface area contributed by atoms with E-state index in [0.29, 0.717) is 29.6 Å². The van der Waals surface area contributed by atoms with Crippen molar-refractivity contribution in [3.8, 4) is 6.07 Å². The molecule has 3 aromatic rings. The molecule has 0 saturated carbocycles. The first-order valence-corrected chi connectivity index (χ1v) is 8.93. The average Bonchev–Trinajstić information content (AvgIpc) is 3.30. The lowest BCUT2D eigenvalue weighted by molar-refractivity contribution is 0.484. The molecule has 1 aliphatic rings. The molecule has 2 aromatic carbocycles. The number of oxazole rings is 1. The molecule has 0 fully saturated rings. The molecule has 0 radical (unpaired) electrons. The summed E-state index contributed by atoms with van der Waals surface area (Å²) in [4.78, 5) is 21.8. The summed E-state index contributed by atoms with van der Waals surface area (Å²) in [5.74, 6) is 0. The normalized spacial score (nSPS) is 14.8. The standard InChI is InChI=1S/C22H18N4O2/c1-26(12-4-11-23)17-9-7-15(8-10-17)13-20-22(27)28-21(25-20)19-14-16-5-2-3-6-18(16)24-19/h2-3,5-10,13-14,25H,4,12H2,1H3/b20-13+,21-19-. The molecule has 138 valence electrons. The van der Waals surface area contributed by atoms with Crippen LogP contribution in [0.3, 0.4) is 0 Å². The molecule has 0 saturated heterocycles. The van der Waals surface area contributed by atoms with Crippen LogP contribution >= 0.6 is 0 Å². The van der Waals surface area contributed by atoms with Crippen LogP contribution in [0.4, 0.5) is 5.69 Å². The predicted molar refractivity (Wildman–Crippen MR) is 107 cm³/mol. The number of rotatable bonds is 4. The second-order valence-electron chi connectivity index (χ2n) is 6.52. The van der Waals surface area contributed by atoms with Crippen LogP contribution in [-0.4, -0.2) is 18.6 Å². The highest BCUT2D eigenvalue weighted by Crippen LogP contribution is 2.14. The number of hydrogen-bond acceptors (Lipinski definition) is 5. The third-order valence-electron chi connectivity index (χ3n) is 4.57. The second-order valence-corrected chi connectivity index (χ2v) is 6.52. The van der Waals surface area contributed by atoms with Crippen molar-refractivity contribution in [3.63, 3.8) is 0 Å². The van der Waals surface area contributed by atoms with Crippen molar-refractivity contribution >= 4 is 23.5 Å². The van der Waals surface area contributed by atoms with Gasteiger partial charge in [-0.25, -0.2) is 9.79 Å². The van der Waals surface area contributed by atoms with Crippen LogP contribution in [0.5, 0.6) is 0 Å². The number of para-hydroxylation sites is 1. The summed E-state index contributed by atoms with van der Waals surface area (Å²) >= 11 is 0. The summed E-state index contributed by atoms with van der Waals surface area (Å²) in [7, 11) is 1.94. The van der Waals surface area contributed by atoms with Gasteiger partial charge < -0.3 is 14.3 Å². The number of aromatic nitrogens is 1. The molecule has 2 heterocycles. The van der Waals surface area contributed by atoms with E-state index in [2.05, 4.69) is 16.0 Å². The van der Waals surface area contributed by atoms with E-state index >= 15 is 0 Å². The topological polar surface area (TPSA) is 85.4 Å². The molecule has 1 aromatic heterocycles. The van der Waals surface area contributed by atoms with E-state index in [4.69, 9.17) is 9.68 Å². The number of benzene rings is 2. The Labute approximate surface area is 160 Å². The van der Waals surface area contributed by atoms with Crippen molar-refractivity contribution in [2.75, 3.05) is 18.5 Å². The van der Waals surface area contributed by atoms with E-state index in [0.717, 1.165) is 21.8 Å². The van der Waals surface area contributed by atoms with Crippen molar-refractivity contribution in [3.05, 3.63) is 86.0 Å². The molecule has 0 amide bonds. The van der Waals surface area contributed by atoms with Gasteiger partial charge in [-0.2, -0.15) is 5.26 Å². The fraction of sp³-hybridized carbons (Fsp3) is 0.136. The minimum atomic E-state index is -0.433. The number of nitriles is 1. The summed E-state index contributed by atoms with van der Waals surface area (Å²) in [6.45, 7) is 0.671. The van der Waals surface area contributed by atoms with Crippen LogP contribution in [0, 0.1) is 11.3 Å². The molecule has 0 atom stereocenters. The number of H-pyrrole nitrogens is 1. The molecule has 0 bridgehead atoms. The van der Waals surface area contributed by atoms with Crippen molar-refractivity contribution in [2.24, 2.45) is 4.99 Å². The zero-order valence-corrected chi connectivity index (χ0v) is 15.3. The number of aromatic amines is 1. The zero-order valence-electron chi connectivity index (χ0n) is 15.3. The zero-order chi connectivity index (χ0) is 19.5. The SMILES string of the molecule is CN(CCC#N)c1ccc(/C=c2/[nH]/c(=C3\C=c4ccccc4=N3)oc2=O)cc1. The Morgan fingerprint density at radius 1 is 1.21 bits per heavy atom. The summed E-state index contributed by atoms with van der Waals surface area (Å²) < 4.78 is 5.37. The van der Waals surface area contributed by atoms with Gasteiger partial charge in [0.25, 0.3) is 0 Å². The van der Waals surface area contributed by atoms with Gasteiger partial charge in [-0.3, -0.25) is 0 Å². The Morgan fingerprint density at radius 2 is 2.00 bits per heavy atom. The monoisotopic (exact) mass is 370 g/mol. The molecule has 1 N–H and O–H groups in total. The summed E-state index contributed by atoms with van der Waals surface area (Å²) in [6.07, 6.45) is 4.11. The third kappa shape index (κ3) is 3.51. The van der Waals surface area contributed by atoms with Gasteiger partial charge in [0, 0.05) is 24.5 Å². The Kier molecular flexibility index (Phi) is 4.65. The molecule has 0 aliphatic carbocycles. The number of hydrogen-bond donors (Lipinski definition) is 1. The van der Waals surface area contributed by atoms with Crippen molar-refractivity contribution in [1.29, 1.82) is 5.26 Å². The third-order valence-corrected chi connectivity index (χ3v) is 4.57.